The third-order valence-corrected chi connectivity index (χ3v) is 5.10. The smallest absolute Gasteiger partial charge is 0.180 e. The van der Waals surface area contributed by atoms with Gasteiger partial charge in [-0.1, -0.05) is 0 Å². The van der Waals surface area contributed by atoms with Gasteiger partial charge in [0, 0.05) is 36.3 Å². The second kappa shape index (κ2) is 7.90. The SMILES string of the molecule is Nc1nc(CCCNC2CCN(c3ccc(F)c(F)c3)CC2)cs1. The molecule has 0 radical (unpaired) electrons. The van der Waals surface area contributed by atoms with E-state index in [4.69, 9.17) is 5.73 Å². The molecule has 4 nitrogen and oxygen atoms in total. The van der Waals surface area contributed by atoms with Crippen LogP contribution in [0, 0.1) is 11.6 Å². The number of halogens is 2. The van der Waals surface area contributed by atoms with Crippen molar-refractivity contribution in [2.24, 2.45) is 0 Å². The lowest BCUT2D eigenvalue weighted by atomic mass is 10.0. The fourth-order valence-electron chi connectivity index (χ4n) is 3.04. The number of hydrogen-bond acceptors (Lipinski definition) is 5. The summed E-state index contributed by atoms with van der Waals surface area (Å²) < 4.78 is 26.3. The van der Waals surface area contributed by atoms with Gasteiger partial charge in [-0.25, -0.2) is 13.8 Å². The first kappa shape index (κ1) is 17.1. The highest BCUT2D eigenvalue weighted by Gasteiger charge is 2.19. The minimum Gasteiger partial charge on any atom is -0.375 e. The van der Waals surface area contributed by atoms with E-state index < -0.39 is 11.6 Å². The fraction of sp³-hybridized carbons (Fsp3) is 0.471. The normalized spacial score (nSPS) is 15.8. The lowest BCUT2D eigenvalue weighted by molar-refractivity contribution is 0.412. The molecule has 2 aromatic rings. The first-order chi connectivity index (χ1) is 11.6. The number of benzene rings is 1. The van der Waals surface area contributed by atoms with E-state index in [1.54, 1.807) is 6.07 Å². The molecule has 1 aromatic heterocycles. The van der Waals surface area contributed by atoms with Crippen LogP contribution >= 0.6 is 11.3 Å². The van der Waals surface area contributed by atoms with Crippen molar-refractivity contribution in [3.63, 3.8) is 0 Å². The van der Waals surface area contributed by atoms with Crippen LogP contribution in [0.25, 0.3) is 0 Å². The number of nitrogens with two attached hydrogens (primary N) is 1. The Bertz CT molecular complexity index is 668. The second-order valence-electron chi connectivity index (χ2n) is 6.09. The van der Waals surface area contributed by atoms with Crippen molar-refractivity contribution in [1.29, 1.82) is 0 Å². The summed E-state index contributed by atoms with van der Waals surface area (Å²) in [6.07, 6.45) is 3.98. The van der Waals surface area contributed by atoms with Crippen molar-refractivity contribution in [2.45, 2.75) is 31.7 Å². The second-order valence-corrected chi connectivity index (χ2v) is 6.98. The first-order valence-electron chi connectivity index (χ1n) is 8.25. The molecule has 0 bridgehead atoms. The molecule has 7 heteroatoms. The van der Waals surface area contributed by atoms with Gasteiger partial charge in [0.1, 0.15) is 0 Å². The molecule has 1 aliphatic rings. The van der Waals surface area contributed by atoms with Crippen molar-refractivity contribution in [1.82, 2.24) is 10.3 Å². The third-order valence-electron chi connectivity index (χ3n) is 4.38. The van der Waals surface area contributed by atoms with Gasteiger partial charge < -0.3 is 16.0 Å². The zero-order valence-electron chi connectivity index (χ0n) is 13.5. The number of aromatic nitrogens is 1. The van der Waals surface area contributed by atoms with Gasteiger partial charge in [0.25, 0.3) is 0 Å². The minimum absolute atomic E-state index is 0.479. The molecule has 1 saturated heterocycles. The maximum absolute atomic E-state index is 13.3. The number of nitrogens with one attached hydrogen (secondary N) is 1. The van der Waals surface area contributed by atoms with Crippen LogP contribution in [0.5, 0.6) is 0 Å². The molecule has 1 fully saturated rings. The van der Waals surface area contributed by atoms with Crippen molar-refractivity contribution >= 4 is 22.2 Å². The van der Waals surface area contributed by atoms with Crippen LogP contribution in [0.3, 0.4) is 0 Å². The Morgan fingerprint density at radius 3 is 2.71 bits per heavy atom. The summed E-state index contributed by atoms with van der Waals surface area (Å²) in [4.78, 5) is 6.37. The van der Waals surface area contributed by atoms with Gasteiger partial charge in [-0.05, 0) is 44.4 Å². The van der Waals surface area contributed by atoms with Crippen molar-refractivity contribution < 1.29 is 8.78 Å². The quantitative estimate of drug-likeness (QED) is 0.784. The van der Waals surface area contributed by atoms with Crippen molar-refractivity contribution in [3.8, 4) is 0 Å². The molecule has 130 valence electrons. The van der Waals surface area contributed by atoms with Gasteiger partial charge in [0.15, 0.2) is 16.8 Å². The molecule has 3 rings (SSSR count). The molecule has 1 aromatic carbocycles. The van der Waals surface area contributed by atoms with E-state index in [2.05, 4.69) is 15.2 Å². The third kappa shape index (κ3) is 4.42. The van der Waals surface area contributed by atoms with Crippen LogP contribution in [-0.4, -0.2) is 30.7 Å². The Hall–Kier alpha value is -1.73. The first-order valence-corrected chi connectivity index (χ1v) is 9.13. The number of nitrogen functional groups attached to an aromatic ring is 1. The molecule has 0 aliphatic carbocycles. The Kier molecular flexibility index (Phi) is 5.63. The molecule has 0 unspecified atom stereocenters. The average Bonchev–Trinajstić information content (AvgIpc) is 3.00. The minimum atomic E-state index is -0.794. The highest BCUT2D eigenvalue weighted by Crippen LogP contribution is 2.22. The number of aryl methyl sites for hydroxylation is 1. The summed E-state index contributed by atoms with van der Waals surface area (Å²) in [5, 5.41) is 6.21. The number of rotatable bonds is 6. The molecule has 3 N–H and O–H groups in total. The Morgan fingerprint density at radius 2 is 2.04 bits per heavy atom. The van der Waals surface area contributed by atoms with Gasteiger partial charge >= 0.3 is 0 Å². The van der Waals surface area contributed by atoms with Crippen LogP contribution in [-0.2, 0) is 6.42 Å². The summed E-state index contributed by atoms with van der Waals surface area (Å²) in [5.41, 5.74) is 7.44. The van der Waals surface area contributed by atoms with Crippen molar-refractivity contribution in [3.05, 3.63) is 40.9 Å². The molecule has 0 amide bonds. The summed E-state index contributed by atoms with van der Waals surface area (Å²) in [7, 11) is 0. The van der Waals surface area contributed by atoms with Gasteiger partial charge in [-0.15, -0.1) is 11.3 Å². The lowest BCUT2D eigenvalue weighted by Gasteiger charge is -2.34. The van der Waals surface area contributed by atoms with E-state index in [9.17, 15) is 8.78 Å². The molecule has 2 heterocycles. The van der Waals surface area contributed by atoms with E-state index in [1.165, 1.54) is 23.5 Å². The van der Waals surface area contributed by atoms with E-state index >= 15 is 0 Å². The highest BCUT2D eigenvalue weighted by atomic mass is 32.1. The Balaban J connectivity index is 1.38. The number of anilines is 2. The van der Waals surface area contributed by atoms with Gasteiger partial charge in [0.2, 0.25) is 0 Å². The average molecular weight is 352 g/mol. The Labute approximate surface area is 144 Å². The summed E-state index contributed by atoms with van der Waals surface area (Å²) in [6, 6.07) is 4.60. The molecular weight excluding hydrogens is 330 g/mol. The molecule has 0 saturated carbocycles. The highest BCUT2D eigenvalue weighted by molar-refractivity contribution is 7.13. The monoisotopic (exact) mass is 352 g/mol. The molecular formula is C17H22F2N4S. The molecule has 0 spiro atoms. The lowest BCUT2D eigenvalue weighted by Crippen LogP contribution is -2.42. The molecule has 24 heavy (non-hydrogen) atoms. The van der Waals surface area contributed by atoms with E-state index in [0.29, 0.717) is 11.2 Å². The number of hydrogen-bond donors (Lipinski definition) is 2. The molecule has 1 aliphatic heterocycles. The van der Waals surface area contributed by atoms with Gasteiger partial charge in [0.05, 0.1) is 5.69 Å². The largest absolute Gasteiger partial charge is 0.375 e. The summed E-state index contributed by atoms with van der Waals surface area (Å²) in [5.74, 6) is -1.58. The van der Waals surface area contributed by atoms with Crippen LogP contribution < -0.4 is 16.0 Å². The number of thiazole rings is 1. The van der Waals surface area contributed by atoms with Gasteiger partial charge in [-0.2, -0.15) is 0 Å². The number of piperidine rings is 1. The zero-order chi connectivity index (χ0) is 16.9. The van der Waals surface area contributed by atoms with Crippen LogP contribution in [0.2, 0.25) is 0 Å². The van der Waals surface area contributed by atoms with Crippen molar-refractivity contribution in [2.75, 3.05) is 30.3 Å². The maximum Gasteiger partial charge on any atom is 0.180 e. The van der Waals surface area contributed by atoms with Crippen LogP contribution in [0.1, 0.15) is 25.0 Å². The van der Waals surface area contributed by atoms with E-state index in [1.807, 2.05) is 5.38 Å². The predicted molar refractivity (Wildman–Crippen MR) is 94.4 cm³/mol. The van der Waals surface area contributed by atoms with E-state index in [0.717, 1.165) is 56.7 Å². The Morgan fingerprint density at radius 1 is 1.25 bits per heavy atom. The van der Waals surface area contributed by atoms with Crippen LogP contribution in [0.4, 0.5) is 19.6 Å². The predicted octanol–water partition coefficient (Wildman–Crippen LogP) is 3.19. The van der Waals surface area contributed by atoms with E-state index in [-0.39, 0.29) is 0 Å². The zero-order valence-corrected chi connectivity index (χ0v) is 14.3. The molecule has 0 atom stereocenters. The number of nitrogens with zero attached hydrogens (tertiary/aromatic N) is 2. The fourth-order valence-corrected chi connectivity index (χ4v) is 3.63. The maximum atomic E-state index is 13.3. The summed E-state index contributed by atoms with van der Waals surface area (Å²) >= 11 is 1.48. The topological polar surface area (TPSA) is 54.2 Å². The summed E-state index contributed by atoms with van der Waals surface area (Å²) in [6.45, 7) is 2.66. The van der Waals surface area contributed by atoms with Crippen LogP contribution in [0.15, 0.2) is 23.6 Å². The van der Waals surface area contributed by atoms with Gasteiger partial charge in [-0.3, -0.25) is 0 Å². The standard InChI is InChI=1S/C17H22F2N4S/c18-15-4-3-14(10-16(15)19)23-8-5-12(6-9-23)21-7-1-2-13-11-24-17(20)22-13/h3-4,10-12,21H,1-2,5-9H2,(H2,20,22).